The number of ether oxygens (including phenoxy) is 2. The van der Waals surface area contributed by atoms with E-state index in [1.54, 1.807) is 31.2 Å². The third-order valence-electron chi connectivity index (χ3n) is 6.97. The molecule has 0 unspecified atom stereocenters. The number of rotatable bonds is 10. The summed E-state index contributed by atoms with van der Waals surface area (Å²) in [6.07, 6.45) is 2.82. The Kier molecular flexibility index (Phi) is 9.59. The Bertz CT molecular complexity index is 2000. The first-order chi connectivity index (χ1) is 21.6. The van der Waals surface area contributed by atoms with Gasteiger partial charge in [-0.15, -0.1) is 0 Å². The Balaban J connectivity index is 1.67. The Morgan fingerprint density at radius 2 is 1.87 bits per heavy atom. The zero-order valence-electron chi connectivity index (χ0n) is 25.4. The molecule has 1 atom stereocenters. The first kappa shape index (κ1) is 31.8. The minimum Gasteiger partial charge on any atom is -0.496 e. The monoisotopic (exact) mass is 645 g/mol. The van der Waals surface area contributed by atoms with Gasteiger partial charge in [0.1, 0.15) is 11.8 Å². The molecule has 0 bridgehead atoms. The summed E-state index contributed by atoms with van der Waals surface area (Å²) in [5, 5.41) is 12.5. The quantitative estimate of drug-likeness (QED) is 0.100. The topological polar surface area (TPSA) is 139 Å². The summed E-state index contributed by atoms with van der Waals surface area (Å²) < 4.78 is 12.9. The summed E-state index contributed by atoms with van der Waals surface area (Å²) in [7, 11) is 1.53. The number of para-hydroxylation sites is 1. The van der Waals surface area contributed by atoms with Gasteiger partial charge in [0.05, 0.1) is 39.3 Å². The maximum atomic E-state index is 14.1. The molecule has 0 saturated heterocycles. The molecule has 0 aliphatic carbocycles. The average molecular weight is 646 g/mol. The van der Waals surface area contributed by atoms with Gasteiger partial charge in [0, 0.05) is 23.0 Å². The predicted molar refractivity (Wildman–Crippen MR) is 171 cm³/mol. The van der Waals surface area contributed by atoms with Gasteiger partial charge in [-0.25, -0.2) is 19.8 Å². The van der Waals surface area contributed by atoms with Gasteiger partial charge in [0.15, 0.2) is 9.96 Å². The standard InChI is InChI=1S/C32H31N5O6S2/c1-6-10-22-27(30(39)43-7-2)28(21-11-8-9-12-24(21)42-5)36-29(38)26(45-32(36)35-22)17-20-13-14-25(23(16-20)37(40)41)44-31-33-18(3)15-19(4)34-31/h8-9,11-17,28H,6-7,10H2,1-5H3/b26-17+/t28-/m0/s1. The van der Waals surface area contributed by atoms with Gasteiger partial charge < -0.3 is 9.47 Å². The van der Waals surface area contributed by atoms with Crippen molar-refractivity contribution in [3.63, 3.8) is 0 Å². The lowest BCUT2D eigenvalue weighted by molar-refractivity contribution is -0.387. The van der Waals surface area contributed by atoms with Crippen LogP contribution in [-0.4, -0.2) is 39.1 Å². The Labute approximate surface area is 267 Å². The molecule has 11 nitrogen and oxygen atoms in total. The van der Waals surface area contributed by atoms with Crippen molar-refractivity contribution in [2.75, 3.05) is 13.7 Å². The molecule has 0 fully saturated rings. The number of hydrogen-bond acceptors (Lipinski definition) is 11. The highest BCUT2D eigenvalue weighted by atomic mass is 32.2. The van der Waals surface area contributed by atoms with Gasteiger partial charge in [-0.3, -0.25) is 19.5 Å². The fourth-order valence-corrected chi connectivity index (χ4v) is 7.12. The summed E-state index contributed by atoms with van der Waals surface area (Å²) in [4.78, 5) is 53.5. The molecule has 2 aromatic heterocycles. The second-order valence-corrected chi connectivity index (χ2v) is 12.2. The molecule has 0 saturated carbocycles. The first-order valence-corrected chi connectivity index (χ1v) is 15.9. The number of methoxy groups -OCH3 is 1. The summed E-state index contributed by atoms with van der Waals surface area (Å²) in [5.74, 6) is -0.0421. The van der Waals surface area contributed by atoms with E-state index in [-0.39, 0.29) is 17.9 Å². The minimum atomic E-state index is -0.842. The minimum absolute atomic E-state index is 0.133. The van der Waals surface area contributed by atoms with E-state index < -0.39 is 22.5 Å². The molecule has 0 spiro atoms. The van der Waals surface area contributed by atoms with Crippen LogP contribution in [0.1, 0.15) is 55.2 Å². The van der Waals surface area contributed by atoms with Crippen molar-refractivity contribution in [2.45, 2.75) is 56.6 Å². The predicted octanol–water partition coefficient (Wildman–Crippen LogP) is 5.05. The van der Waals surface area contributed by atoms with Crippen LogP contribution in [0.25, 0.3) is 6.08 Å². The van der Waals surface area contributed by atoms with Crippen LogP contribution in [-0.2, 0) is 9.53 Å². The second-order valence-electron chi connectivity index (χ2n) is 10.2. The molecule has 2 aromatic carbocycles. The fraction of sp³-hybridized carbons (Fsp3) is 0.281. The van der Waals surface area contributed by atoms with Crippen LogP contribution in [0.5, 0.6) is 5.75 Å². The maximum Gasteiger partial charge on any atom is 0.338 e. The van der Waals surface area contributed by atoms with Gasteiger partial charge in [0.2, 0.25) is 0 Å². The summed E-state index contributed by atoms with van der Waals surface area (Å²) >= 11 is 2.26. The van der Waals surface area contributed by atoms with Crippen LogP contribution < -0.4 is 19.6 Å². The highest BCUT2D eigenvalue weighted by molar-refractivity contribution is 7.99. The number of nitro groups is 1. The summed E-state index contributed by atoms with van der Waals surface area (Å²) in [5.41, 5.74) is 2.91. The van der Waals surface area contributed by atoms with E-state index in [1.165, 1.54) is 17.7 Å². The Hall–Kier alpha value is -4.62. The van der Waals surface area contributed by atoms with E-state index in [0.29, 0.717) is 48.4 Å². The van der Waals surface area contributed by atoms with E-state index in [1.807, 2.05) is 45.0 Å². The van der Waals surface area contributed by atoms with E-state index in [0.717, 1.165) is 40.9 Å². The van der Waals surface area contributed by atoms with Crippen molar-refractivity contribution in [1.29, 1.82) is 0 Å². The number of hydrogen-bond donors (Lipinski definition) is 0. The third kappa shape index (κ3) is 6.59. The number of nitrogens with zero attached hydrogens (tertiary/aromatic N) is 5. The molecular formula is C32H31N5O6S2. The molecule has 5 rings (SSSR count). The number of aromatic nitrogens is 3. The van der Waals surface area contributed by atoms with Gasteiger partial charge in [-0.2, -0.15) is 0 Å². The molecule has 0 N–H and O–H groups in total. The van der Waals surface area contributed by atoms with Crippen LogP contribution >= 0.6 is 23.1 Å². The second kappa shape index (κ2) is 13.6. The number of carbonyl (C=O) groups excluding carboxylic acids is 1. The largest absolute Gasteiger partial charge is 0.496 e. The van der Waals surface area contributed by atoms with Crippen LogP contribution in [0.3, 0.4) is 0 Å². The van der Waals surface area contributed by atoms with Gasteiger partial charge >= 0.3 is 5.97 Å². The molecule has 0 radical (unpaired) electrons. The number of aryl methyl sites for hydroxylation is 2. The molecule has 0 amide bonds. The van der Waals surface area contributed by atoms with Crippen LogP contribution in [0.4, 0.5) is 5.69 Å². The van der Waals surface area contributed by atoms with Crippen molar-refractivity contribution in [3.05, 3.63) is 112 Å². The first-order valence-electron chi connectivity index (χ1n) is 14.3. The van der Waals surface area contributed by atoms with Crippen molar-refractivity contribution in [3.8, 4) is 5.75 Å². The van der Waals surface area contributed by atoms with Crippen molar-refractivity contribution in [1.82, 2.24) is 14.5 Å². The lowest BCUT2D eigenvalue weighted by Crippen LogP contribution is -2.40. The highest BCUT2D eigenvalue weighted by Gasteiger charge is 2.35. The van der Waals surface area contributed by atoms with Crippen LogP contribution in [0.2, 0.25) is 0 Å². The van der Waals surface area contributed by atoms with Gasteiger partial charge in [0.25, 0.3) is 11.2 Å². The Morgan fingerprint density at radius 1 is 1.13 bits per heavy atom. The van der Waals surface area contributed by atoms with Crippen molar-refractivity contribution >= 4 is 40.8 Å². The van der Waals surface area contributed by atoms with Crippen molar-refractivity contribution in [2.24, 2.45) is 4.99 Å². The van der Waals surface area contributed by atoms with E-state index >= 15 is 0 Å². The zero-order valence-corrected chi connectivity index (χ0v) is 27.0. The van der Waals surface area contributed by atoms with Crippen molar-refractivity contribution < 1.29 is 19.2 Å². The summed E-state index contributed by atoms with van der Waals surface area (Å²) in [6.45, 7) is 7.55. The van der Waals surface area contributed by atoms with Crippen LogP contribution in [0, 0.1) is 24.0 Å². The number of thiazole rings is 1. The maximum absolute atomic E-state index is 14.1. The SMILES string of the molecule is CCCC1=C(C(=O)OCC)[C@H](c2ccccc2OC)n2c(s/c(=C/c3ccc(Sc4nc(C)cc(C)n4)c([N+](=O)[O-])c3)c2=O)=N1. The van der Waals surface area contributed by atoms with E-state index in [4.69, 9.17) is 14.5 Å². The van der Waals surface area contributed by atoms with Gasteiger partial charge in [-0.05, 0) is 68.8 Å². The smallest absolute Gasteiger partial charge is 0.338 e. The Morgan fingerprint density at radius 3 is 2.53 bits per heavy atom. The molecule has 232 valence electrons. The number of allylic oxidation sites excluding steroid dienone is 1. The highest BCUT2D eigenvalue weighted by Crippen LogP contribution is 2.37. The molecule has 1 aliphatic heterocycles. The van der Waals surface area contributed by atoms with E-state index in [9.17, 15) is 19.7 Å². The summed E-state index contributed by atoms with van der Waals surface area (Å²) in [6, 6.07) is 13.0. The number of nitro benzene ring substituents is 1. The van der Waals surface area contributed by atoms with Crippen LogP contribution in [0.15, 0.2) is 79.6 Å². The molecule has 13 heteroatoms. The molecular weight excluding hydrogens is 615 g/mol. The molecule has 45 heavy (non-hydrogen) atoms. The average Bonchev–Trinajstić information content (AvgIpc) is 3.30. The third-order valence-corrected chi connectivity index (χ3v) is 8.88. The molecule has 1 aliphatic rings. The molecule has 4 aromatic rings. The zero-order chi connectivity index (χ0) is 32.2. The van der Waals surface area contributed by atoms with E-state index in [2.05, 4.69) is 9.97 Å². The number of carbonyl (C=O) groups is 1. The number of esters is 1. The fourth-order valence-electron chi connectivity index (χ4n) is 5.15. The molecule has 3 heterocycles. The van der Waals surface area contributed by atoms with Gasteiger partial charge in [-0.1, -0.05) is 48.9 Å². The lowest BCUT2D eigenvalue weighted by Gasteiger charge is -2.26. The number of fused-ring (bicyclic) bond motifs is 1. The number of benzene rings is 2. The lowest BCUT2D eigenvalue weighted by atomic mass is 9.93. The normalized spacial score (nSPS) is 14.6.